The minimum Gasteiger partial charge on any atom is -0.396 e. The van der Waals surface area contributed by atoms with Gasteiger partial charge in [0.05, 0.1) is 0 Å². The number of aliphatic hydroxyl groups excluding tert-OH is 1. The molecule has 0 heterocycles. The number of hydrogen-bond acceptors (Lipinski definition) is 2. The van der Waals surface area contributed by atoms with Crippen molar-refractivity contribution in [2.45, 2.75) is 31.9 Å². The number of ether oxygens (including phenoxy) is 1. The zero-order valence-corrected chi connectivity index (χ0v) is 9.09. The van der Waals surface area contributed by atoms with Crippen LogP contribution in [0.2, 0.25) is 0 Å². The summed E-state index contributed by atoms with van der Waals surface area (Å²) in [6.07, 6.45) is -0.533. The lowest BCUT2D eigenvalue weighted by Gasteiger charge is -2.28. The van der Waals surface area contributed by atoms with Gasteiger partial charge in [-0.25, -0.2) is 0 Å². The molecule has 2 aliphatic carbocycles. The van der Waals surface area contributed by atoms with Crippen LogP contribution in [0.4, 0.5) is 13.2 Å². The molecule has 2 saturated carbocycles. The molecule has 94 valence electrons. The molecule has 0 aromatic carbocycles. The van der Waals surface area contributed by atoms with Gasteiger partial charge in [0, 0.05) is 13.2 Å². The Morgan fingerprint density at radius 3 is 2.38 bits per heavy atom. The molecule has 5 heteroatoms. The third-order valence-corrected chi connectivity index (χ3v) is 3.84. The smallest absolute Gasteiger partial charge is 0.396 e. The zero-order chi connectivity index (χ0) is 11.8. The number of alkyl halides is 3. The zero-order valence-electron chi connectivity index (χ0n) is 9.09. The molecule has 0 bridgehead atoms. The van der Waals surface area contributed by atoms with Gasteiger partial charge in [0.15, 0.2) is 0 Å². The predicted octanol–water partition coefficient (Wildman–Crippen LogP) is 2.36. The Kier molecular flexibility index (Phi) is 3.18. The summed E-state index contributed by atoms with van der Waals surface area (Å²) >= 11 is 0. The largest absolute Gasteiger partial charge is 0.411 e. The maximum Gasteiger partial charge on any atom is 0.411 e. The van der Waals surface area contributed by atoms with Crippen LogP contribution < -0.4 is 0 Å². The summed E-state index contributed by atoms with van der Waals surface area (Å²) in [6.45, 7) is -1.00. The summed E-state index contributed by atoms with van der Waals surface area (Å²) in [7, 11) is 0. The van der Waals surface area contributed by atoms with Crippen LogP contribution in [0.3, 0.4) is 0 Å². The summed E-state index contributed by atoms with van der Waals surface area (Å²) in [6, 6.07) is 0. The van der Waals surface area contributed by atoms with Gasteiger partial charge in [-0.15, -0.1) is 0 Å². The van der Waals surface area contributed by atoms with Crippen molar-refractivity contribution in [3.05, 3.63) is 0 Å². The third kappa shape index (κ3) is 2.88. The Morgan fingerprint density at radius 1 is 1.25 bits per heavy atom. The lowest BCUT2D eigenvalue weighted by Crippen LogP contribution is -2.27. The van der Waals surface area contributed by atoms with E-state index in [4.69, 9.17) is 0 Å². The molecule has 0 aromatic rings. The molecule has 0 aromatic heterocycles. The lowest BCUT2D eigenvalue weighted by atomic mass is 9.81. The molecular formula is C11H17F3O2. The number of hydrogen-bond donors (Lipinski definition) is 1. The van der Waals surface area contributed by atoms with Crippen LogP contribution >= 0.6 is 0 Å². The van der Waals surface area contributed by atoms with Crippen molar-refractivity contribution in [1.82, 2.24) is 0 Å². The van der Waals surface area contributed by atoms with Gasteiger partial charge in [0.2, 0.25) is 0 Å². The summed E-state index contributed by atoms with van der Waals surface area (Å²) in [4.78, 5) is 0. The fraction of sp³-hybridized carbons (Fsp3) is 1.00. The Hall–Kier alpha value is -0.290. The molecular weight excluding hydrogens is 221 g/mol. The quantitative estimate of drug-likeness (QED) is 0.745. The predicted molar refractivity (Wildman–Crippen MR) is 51.8 cm³/mol. The van der Waals surface area contributed by atoms with Crippen molar-refractivity contribution in [2.75, 3.05) is 19.8 Å². The fourth-order valence-corrected chi connectivity index (χ4v) is 2.89. The Bertz CT molecular complexity index is 242. The van der Waals surface area contributed by atoms with Gasteiger partial charge in [0.25, 0.3) is 0 Å². The Labute approximate surface area is 92.8 Å². The van der Waals surface area contributed by atoms with Crippen LogP contribution in [0.5, 0.6) is 0 Å². The first-order valence-corrected chi connectivity index (χ1v) is 5.69. The van der Waals surface area contributed by atoms with E-state index in [1.807, 2.05) is 0 Å². The number of rotatable bonds is 5. The number of aliphatic hydroxyl groups is 1. The highest BCUT2D eigenvalue weighted by atomic mass is 19.4. The molecule has 2 unspecified atom stereocenters. The molecule has 2 rings (SSSR count). The molecule has 2 nitrogen and oxygen atoms in total. The third-order valence-electron chi connectivity index (χ3n) is 3.84. The van der Waals surface area contributed by atoms with Crippen LogP contribution in [0.15, 0.2) is 0 Å². The maximum atomic E-state index is 11.8. The van der Waals surface area contributed by atoms with E-state index in [1.54, 1.807) is 0 Å². The first kappa shape index (κ1) is 12.2. The van der Waals surface area contributed by atoms with Crippen molar-refractivity contribution in [3.8, 4) is 0 Å². The van der Waals surface area contributed by atoms with Crippen molar-refractivity contribution < 1.29 is 23.0 Å². The monoisotopic (exact) mass is 238 g/mol. The summed E-state index contributed by atoms with van der Waals surface area (Å²) in [5.41, 5.74) is -0.154. The number of halogens is 3. The molecule has 1 N–H and O–H groups in total. The second-order valence-corrected chi connectivity index (χ2v) is 5.24. The SMILES string of the molecule is OCC1(CCOCC(F)(F)F)CC2CC2C1. The van der Waals surface area contributed by atoms with Gasteiger partial charge in [0.1, 0.15) is 6.61 Å². The number of fused-ring (bicyclic) bond motifs is 1. The van der Waals surface area contributed by atoms with E-state index in [9.17, 15) is 18.3 Å². The van der Waals surface area contributed by atoms with Crippen molar-refractivity contribution >= 4 is 0 Å². The van der Waals surface area contributed by atoms with Crippen LogP contribution in [0.1, 0.15) is 25.7 Å². The van der Waals surface area contributed by atoms with E-state index < -0.39 is 12.8 Å². The van der Waals surface area contributed by atoms with E-state index in [-0.39, 0.29) is 18.6 Å². The lowest BCUT2D eigenvalue weighted by molar-refractivity contribution is -0.175. The van der Waals surface area contributed by atoms with Crippen LogP contribution in [-0.4, -0.2) is 31.1 Å². The highest BCUT2D eigenvalue weighted by molar-refractivity contribution is 5.02. The molecule has 0 radical (unpaired) electrons. The maximum absolute atomic E-state index is 11.8. The summed E-state index contributed by atoms with van der Waals surface area (Å²) in [5.74, 6) is 1.43. The topological polar surface area (TPSA) is 29.5 Å². The second-order valence-electron chi connectivity index (χ2n) is 5.24. The molecule has 0 spiro atoms. The second kappa shape index (κ2) is 4.18. The van der Waals surface area contributed by atoms with Gasteiger partial charge in [-0.1, -0.05) is 0 Å². The van der Waals surface area contributed by atoms with Crippen LogP contribution in [-0.2, 0) is 4.74 Å². The molecule has 2 atom stereocenters. The van der Waals surface area contributed by atoms with E-state index in [2.05, 4.69) is 4.74 Å². The average Bonchev–Trinajstić information content (AvgIpc) is 2.81. The molecule has 0 saturated heterocycles. The molecule has 2 fully saturated rings. The molecule has 16 heavy (non-hydrogen) atoms. The van der Waals surface area contributed by atoms with Gasteiger partial charge in [-0.2, -0.15) is 13.2 Å². The normalized spacial score (nSPS) is 37.5. The minimum absolute atomic E-state index is 0.0787. The standard InChI is InChI=1S/C11H17F3O2/c12-11(13,14)7-16-2-1-10(6-15)4-8-3-9(8)5-10/h8-9,15H,1-7H2. The van der Waals surface area contributed by atoms with Crippen molar-refractivity contribution in [1.29, 1.82) is 0 Å². The van der Waals surface area contributed by atoms with E-state index in [0.717, 1.165) is 24.7 Å². The van der Waals surface area contributed by atoms with Crippen molar-refractivity contribution in [3.63, 3.8) is 0 Å². The van der Waals surface area contributed by atoms with E-state index in [1.165, 1.54) is 6.42 Å². The first-order valence-electron chi connectivity index (χ1n) is 5.69. The van der Waals surface area contributed by atoms with Crippen LogP contribution in [0, 0.1) is 17.3 Å². The summed E-state index contributed by atoms with van der Waals surface area (Å²) < 4.78 is 40.1. The first-order chi connectivity index (χ1) is 7.44. The molecule has 0 amide bonds. The van der Waals surface area contributed by atoms with Gasteiger partial charge in [-0.3, -0.25) is 0 Å². The van der Waals surface area contributed by atoms with Gasteiger partial charge < -0.3 is 9.84 Å². The van der Waals surface area contributed by atoms with Crippen molar-refractivity contribution in [2.24, 2.45) is 17.3 Å². The fourth-order valence-electron chi connectivity index (χ4n) is 2.89. The van der Waals surface area contributed by atoms with E-state index >= 15 is 0 Å². The Morgan fingerprint density at radius 2 is 1.88 bits per heavy atom. The van der Waals surface area contributed by atoms with Gasteiger partial charge >= 0.3 is 6.18 Å². The summed E-state index contributed by atoms with van der Waals surface area (Å²) in [5, 5.41) is 9.34. The molecule has 0 aliphatic heterocycles. The average molecular weight is 238 g/mol. The van der Waals surface area contributed by atoms with Gasteiger partial charge in [-0.05, 0) is 42.9 Å². The molecule has 2 aliphatic rings. The van der Waals surface area contributed by atoms with E-state index in [0.29, 0.717) is 6.42 Å². The highest BCUT2D eigenvalue weighted by Gasteiger charge is 2.53. The minimum atomic E-state index is -4.25. The highest BCUT2D eigenvalue weighted by Crippen LogP contribution is 2.60. The Balaban J connectivity index is 1.68. The van der Waals surface area contributed by atoms with Crippen LogP contribution in [0.25, 0.3) is 0 Å².